The fraction of sp³-hybridized carbons (Fsp3) is 0.278. The second-order valence-electron chi connectivity index (χ2n) is 5.89. The van der Waals surface area contributed by atoms with E-state index in [4.69, 9.17) is 0 Å². The lowest BCUT2D eigenvalue weighted by Gasteiger charge is -2.16. The zero-order valence-electron chi connectivity index (χ0n) is 13.2. The third kappa shape index (κ3) is 3.71. The molecule has 0 aliphatic carbocycles. The Hall–Kier alpha value is -2.89. The van der Waals surface area contributed by atoms with Gasteiger partial charge in [-0.15, -0.1) is 0 Å². The summed E-state index contributed by atoms with van der Waals surface area (Å²) in [6, 6.07) is 11.3. The molecule has 1 aromatic heterocycles. The highest BCUT2D eigenvalue weighted by Crippen LogP contribution is 2.19. The first-order valence-electron chi connectivity index (χ1n) is 7.93. The number of nitrogens with zero attached hydrogens (tertiary/aromatic N) is 1. The van der Waals surface area contributed by atoms with Crippen molar-refractivity contribution in [3.05, 3.63) is 64.6 Å². The Morgan fingerprint density at radius 3 is 2.75 bits per heavy atom. The molecule has 3 rings (SSSR count). The number of benzene rings is 1. The van der Waals surface area contributed by atoms with Crippen LogP contribution in [-0.4, -0.2) is 34.8 Å². The number of likely N-dealkylation sites (tertiary alicyclic amines) is 1. The third-order valence-electron chi connectivity index (χ3n) is 4.18. The molecule has 1 aliphatic heterocycles. The Balaban J connectivity index is 1.57. The number of aromatic amines is 1. The summed E-state index contributed by atoms with van der Waals surface area (Å²) < 4.78 is 0. The van der Waals surface area contributed by atoms with Crippen LogP contribution in [0.25, 0.3) is 0 Å². The predicted molar refractivity (Wildman–Crippen MR) is 90.5 cm³/mol. The summed E-state index contributed by atoms with van der Waals surface area (Å²) in [5.74, 6) is -0.733. The lowest BCUT2D eigenvalue weighted by atomic mass is 10.1. The van der Waals surface area contributed by atoms with Gasteiger partial charge in [0.15, 0.2) is 0 Å². The van der Waals surface area contributed by atoms with Crippen LogP contribution in [0.2, 0.25) is 0 Å². The Bertz CT molecular complexity index is 785. The molecule has 2 N–H and O–H groups in total. The minimum atomic E-state index is -0.423. The zero-order valence-corrected chi connectivity index (χ0v) is 13.2. The molecule has 2 aromatic rings. The normalized spacial score (nSPS) is 17.1. The van der Waals surface area contributed by atoms with Gasteiger partial charge in [0.1, 0.15) is 5.69 Å². The van der Waals surface area contributed by atoms with Crippen molar-refractivity contribution in [1.29, 1.82) is 0 Å². The summed E-state index contributed by atoms with van der Waals surface area (Å²) in [7, 11) is 0. The summed E-state index contributed by atoms with van der Waals surface area (Å²) in [4.78, 5) is 40.5. The third-order valence-corrected chi connectivity index (χ3v) is 4.18. The molecule has 0 bridgehead atoms. The molecule has 6 nitrogen and oxygen atoms in total. The smallest absolute Gasteiger partial charge is 0.229 e. The summed E-state index contributed by atoms with van der Waals surface area (Å²) in [6.07, 6.45) is 3.90. The molecule has 124 valence electrons. The van der Waals surface area contributed by atoms with Crippen LogP contribution in [0, 0.1) is 5.92 Å². The van der Waals surface area contributed by atoms with Crippen molar-refractivity contribution in [3.8, 4) is 0 Å². The van der Waals surface area contributed by atoms with E-state index in [-0.39, 0.29) is 29.4 Å². The van der Waals surface area contributed by atoms with Crippen LogP contribution in [0.3, 0.4) is 0 Å². The van der Waals surface area contributed by atoms with Crippen molar-refractivity contribution in [2.45, 2.75) is 12.8 Å². The summed E-state index contributed by atoms with van der Waals surface area (Å²) in [5, 5.41) is 2.61. The molecule has 24 heavy (non-hydrogen) atoms. The Morgan fingerprint density at radius 2 is 2.00 bits per heavy atom. The maximum atomic E-state index is 12.3. The van der Waals surface area contributed by atoms with Crippen LogP contribution in [0.15, 0.2) is 53.6 Å². The molecular weight excluding hydrogens is 306 g/mol. The van der Waals surface area contributed by atoms with Gasteiger partial charge in [-0.25, -0.2) is 0 Å². The second-order valence-corrected chi connectivity index (χ2v) is 5.89. The van der Waals surface area contributed by atoms with Crippen LogP contribution in [0.4, 0.5) is 5.69 Å². The molecule has 6 heteroatoms. The molecule has 0 spiro atoms. The topological polar surface area (TPSA) is 82.3 Å². The molecule has 0 unspecified atom stereocenters. The Kier molecular flexibility index (Phi) is 4.74. The summed E-state index contributed by atoms with van der Waals surface area (Å²) >= 11 is 0. The van der Waals surface area contributed by atoms with Gasteiger partial charge >= 0.3 is 0 Å². The fourth-order valence-corrected chi connectivity index (χ4v) is 2.82. The molecule has 1 saturated heterocycles. The average molecular weight is 325 g/mol. The van der Waals surface area contributed by atoms with Crippen molar-refractivity contribution in [2.75, 3.05) is 18.4 Å². The summed E-state index contributed by atoms with van der Waals surface area (Å²) in [6.45, 7) is 0.987. The highest BCUT2D eigenvalue weighted by molar-refractivity contribution is 5.97. The van der Waals surface area contributed by atoms with E-state index < -0.39 is 5.92 Å². The van der Waals surface area contributed by atoms with Gasteiger partial charge in [0, 0.05) is 38.0 Å². The highest BCUT2D eigenvalue weighted by atomic mass is 16.2. The minimum absolute atomic E-state index is 0.0203. The maximum absolute atomic E-state index is 12.3. The zero-order chi connectivity index (χ0) is 16.9. The first-order valence-corrected chi connectivity index (χ1v) is 7.93. The van der Waals surface area contributed by atoms with E-state index in [0.717, 1.165) is 12.0 Å². The van der Waals surface area contributed by atoms with Gasteiger partial charge in [0.05, 0.1) is 5.92 Å². The van der Waals surface area contributed by atoms with Gasteiger partial charge in [0.2, 0.25) is 17.2 Å². The monoisotopic (exact) mass is 325 g/mol. The number of nitrogens with one attached hydrogen (secondary N) is 2. The van der Waals surface area contributed by atoms with Crippen molar-refractivity contribution >= 4 is 17.5 Å². The van der Waals surface area contributed by atoms with Gasteiger partial charge in [0.25, 0.3) is 0 Å². The number of hydrogen-bond acceptors (Lipinski definition) is 3. The van der Waals surface area contributed by atoms with Gasteiger partial charge in [-0.2, -0.15) is 0 Å². The molecule has 0 radical (unpaired) electrons. The lowest BCUT2D eigenvalue weighted by Crippen LogP contribution is -2.30. The lowest BCUT2D eigenvalue weighted by molar-refractivity contribution is -0.128. The Labute approximate surface area is 139 Å². The van der Waals surface area contributed by atoms with Gasteiger partial charge in [-0.3, -0.25) is 14.4 Å². The second kappa shape index (κ2) is 7.12. The van der Waals surface area contributed by atoms with E-state index in [1.165, 1.54) is 18.5 Å². The summed E-state index contributed by atoms with van der Waals surface area (Å²) in [5.41, 5.74) is 1.11. The van der Waals surface area contributed by atoms with Crippen molar-refractivity contribution in [1.82, 2.24) is 9.88 Å². The first kappa shape index (κ1) is 16.0. The van der Waals surface area contributed by atoms with Crippen molar-refractivity contribution < 1.29 is 9.59 Å². The number of carbonyl (C=O) groups excluding carboxylic acids is 2. The number of amides is 2. The maximum Gasteiger partial charge on any atom is 0.229 e. The van der Waals surface area contributed by atoms with Crippen LogP contribution < -0.4 is 10.7 Å². The minimum Gasteiger partial charge on any atom is -0.366 e. The SMILES string of the molecule is O=C(Nc1c[nH]ccc1=O)[C@H]1CC(=O)N(CCc2ccccc2)C1. The molecule has 0 saturated carbocycles. The number of carbonyl (C=O) groups is 2. The number of hydrogen-bond donors (Lipinski definition) is 2. The Morgan fingerprint density at radius 1 is 1.21 bits per heavy atom. The van der Waals surface area contributed by atoms with Crippen LogP contribution in [0.1, 0.15) is 12.0 Å². The molecule has 1 atom stereocenters. The molecular formula is C18H19N3O3. The molecule has 2 heterocycles. The predicted octanol–water partition coefficient (Wildman–Crippen LogP) is 1.40. The largest absolute Gasteiger partial charge is 0.366 e. The molecule has 1 aromatic carbocycles. The highest BCUT2D eigenvalue weighted by Gasteiger charge is 2.34. The van der Waals surface area contributed by atoms with Gasteiger partial charge in [-0.05, 0) is 12.0 Å². The van der Waals surface area contributed by atoms with Crippen LogP contribution >= 0.6 is 0 Å². The number of pyridine rings is 1. The number of H-pyrrole nitrogens is 1. The van der Waals surface area contributed by atoms with E-state index in [2.05, 4.69) is 10.3 Å². The number of rotatable bonds is 5. The molecule has 1 aliphatic rings. The molecule has 2 amide bonds. The average Bonchev–Trinajstić information content (AvgIpc) is 2.97. The van der Waals surface area contributed by atoms with E-state index in [1.54, 1.807) is 4.90 Å². The fourth-order valence-electron chi connectivity index (χ4n) is 2.82. The number of aromatic nitrogens is 1. The standard InChI is InChI=1S/C18H19N3O3/c22-16-6-8-19-11-15(16)20-18(24)14-10-17(23)21(12-14)9-7-13-4-2-1-3-5-13/h1-6,8,11,14H,7,9-10,12H2,(H,19,22)(H,20,24)/t14-/m0/s1. The first-order chi connectivity index (χ1) is 11.6. The van der Waals surface area contributed by atoms with Crippen LogP contribution in [-0.2, 0) is 16.0 Å². The number of anilines is 1. The quantitative estimate of drug-likeness (QED) is 0.872. The van der Waals surface area contributed by atoms with Crippen molar-refractivity contribution in [3.63, 3.8) is 0 Å². The van der Waals surface area contributed by atoms with E-state index in [9.17, 15) is 14.4 Å². The van der Waals surface area contributed by atoms with E-state index in [1.807, 2.05) is 30.3 Å². The van der Waals surface area contributed by atoms with Gasteiger partial charge < -0.3 is 15.2 Å². The van der Waals surface area contributed by atoms with Crippen molar-refractivity contribution in [2.24, 2.45) is 5.92 Å². The van der Waals surface area contributed by atoms with E-state index >= 15 is 0 Å². The molecule has 1 fully saturated rings. The van der Waals surface area contributed by atoms with Crippen LogP contribution in [0.5, 0.6) is 0 Å². The van der Waals surface area contributed by atoms with E-state index in [0.29, 0.717) is 13.1 Å². The van der Waals surface area contributed by atoms with Gasteiger partial charge in [-0.1, -0.05) is 30.3 Å².